The fraction of sp³-hybridized carbons (Fsp3) is 0.368. The summed E-state index contributed by atoms with van der Waals surface area (Å²) in [5, 5.41) is 2.40. The van der Waals surface area contributed by atoms with Crippen molar-refractivity contribution in [1.82, 2.24) is 4.57 Å². The number of aromatic nitrogens is 1. The van der Waals surface area contributed by atoms with Crippen LogP contribution in [0.15, 0.2) is 35.1 Å². The molecule has 0 saturated carbocycles. The number of halogens is 3. The second-order valence-electron chi connectivity index (χ2n) is 6.15. The van der Waals surface area contributed by atoms with Crippen LogP contribution >= 0.6 is 0 Å². The number of nitrogens with one attached hydrogen (secondary N) is 1. The molecule has 1 amide bonds. The van der Waals surface area contributed by atoms with Crippen LogP contribution in [0.4, 0.5) is 18.9 Å². The van der Waals surface area contributed by atoms with Crippen LogP contribution in [0.25, 0.3) is 0 Å². The Morgan fingerprint density at radius 3 is 2.50 bits per heavy atom. The normalized spacial score (nSPS) is 11.5. The van der Waals surface area contributed by atoms with E-state index in [1.807, 2.05) is 11.5 Å². The summed E-state index contributed by atoms with van der Waals surface area (Å²) in [6.07, 6.45) is -2.66. The average Bonchev–Trinajstić information content (AvgIpc) is 2.53. The molecule has 1 N–H and O–H groups in total. The van der Waals surface area contributed by atoms with Crippen LogP contribution < -0.4 is 10.7 Å². The van der Waals surface area contributed by atoms with E-state index in [9.17, 15) is 22.8 Å². The van der Waals surface area contributed by atoms with Gasteiger partial charge in [0.25, 0.3) is 5.91 Å². The molecule has 0 atom stereocenters. The van der Waals surface area contributed by atoms with Crippen molar-refractivity contribution in [2.75, 3.05) is 5.32 Å². The Hall–Kier alpha value is -2.57. The van der Waals surface area contributed by atoms with Gasteiger partial charge in [-0.3, -0.25) is 9.59 Å². The molecule has 0 fully saturated rings. The molecule has 2 rings (SSSR count). The van der Waals surface area contributed by atoms with Crippen molar-refractivity contribution in [3.63, 3.8) is 0 Å². The minimum atomic E-state index is -4.51. The van der Waals surface area contributed by atoms with Crippen LogP contribution in [-0.2, 0) is 12.7 Å². The summed E-state index contributed by atoms with van der Waals surface area (Å²) in [5.74, 6) is -0.711. The maximum absolute atomic E-state index is 12.8. The molecule has 7 heteroatoms. The number of amides is 1. The lowest BCUT2D eigenvalue weighted by Gasteiger charge is -2.17. The van der Waals surface area contributed by atoms with Gasteiger partial charge in [0.15, 0.2) is 5.43 Å². The maximum Gasteiger partial charge on any atom is 0.416 e. The molecule has 2 aromatic rings. The van der Waals surface area contributed by atoms with Gasteiger partial charge in [-0.1, -0.05) is 19.4 Å². The first-order valence-corrected chi connectivity index (χ1v) is 8.34. The zero-order chi connectivity index (χ0) is 19.5. The fourth-order valence-corrected chi connectivity index (χ4v) is 2.82. The van der Waals surface area contributed by atoms with Crippen LogP contribution in [0.2, 0.25) is 0 Å². The van der Waals surface area contributed by atoms with Crippen LogP contribution in [0.3, 0.4) is 0 Å². The van der Waals surface area contributed by atoms with Gasteiger partial charge in [-0.15, -0.1) is 0 Å². The van der Waals surface area contributed by atoms with Crippen molar-refractivity contribution in [2.24, 2.45) is 0 Å². The number of anilines is 1. The Bertz CT molecular complexity index is 870. The number of alkyl halides is 3. The summed E-state index contributed by atoms with van der Waals surface area (Å²) in [6.45, 7) is 6.16. The van der Waals surface area contributed by atoms with Crippen LogP contribution in [0.5, 0.6) is 0 Å². The molecule has 0 saturated heterocycles. The van der Waals surface area contributed by atoms with Crippen molar-refractivity contribution in [3.05, 3.63) is 63.1 Å². The van der Waals surface area contributed by atoms with E-state index in [0.717, 1.165) is 30.7 Å². The van der Waals surface area contributed by atoms with Gasteiger partial charge in [0.2, 0.25) is 0 Å². The standard InChI is InChI=1S/C19H21F3N2O2/c1-4-5-9-24-12(2)10-16(25)17(13(24)3)18(26)23-15-8-6-7-14(11-15)19(20,21)22/h6-8,10-11H,4-5,9H2,1-3H3,(H,23,26). The van der Waals surface area contributed by atoms with E-state index in [-0.39, 0.29) is 11.3 Å². The Kier molecular flexibility index (Phi) is 5.90. The van der Waals surface area contributed by atoms with Gasteiger partial charge < -0.3 is 9.88 Å². The number of unbranched alkanes of at least 4 members (excludes halogenated alkanes) is 1. The summed E-state index contributed by atoms with van der Waals surface area (Å²) in [4.78, 5) is 24.8. The Balaban J connectivity index is 2.37. The third-order valence-electron chi connectivity index (χ3n) is 4.19. The third-order valence-corrected chi connectivity index (χ3v) is 4.19. The lowest BCUT2D eigenvalue weighted by Crippen LogP contribution is -2.27. The van der Waals surface area contributed by atoms with E-state index in [1.165, 1.54) is 18.2 Å². The lowest BCUT2D eigenvalue weighted by atomic mass is 10.1. The third kappa shape index (κ3) is 4.33. The Labute approximate surface area is 149 Å². The summed E-state index contributed by atoms with van der Waals surface area (Å²) in [6, 6.07) is 5.71. The summed E-state index contributed by atoms with van der Waals surface area (Å²) < 4.78 is 40.3. The largest absolute Gasteiger partial charge is 0.416 e. The molecule has 0 spiro atoms. The molecule has 4 nitrogen and oxygen atoms in total. The number of pyridine rings is 1. The van der Waals surface area contributed by atoms with E-state index >= 15 is 0 Å². The molecule has 0 bridgehead atoms. The highest BCUT2D eigenvalue weighted by Gasteiger charge is 2.30. The molecule has 0 radical (unpaired) electrons. The molecule has 1 aromatic carbocycles. The zero-order valence-corrected chi connectivity index (χ0v) is 14.9. The number of carbonyl (C=O) groups excluding carboxylic acids is 1. The van der Waals surface area contributed by atoms with E-state index < -0.39 is 23.1 Å². The van der Waals surface area contributed by atoms with Gasteiger partial charge in [-0.25, -0.2) is 0 Å². The molecule has 1 aromatic heterocycles. The topological polar surface area (TPSA) is 51.1 Å². The number of carbonyl (C=O) groups is 1. The molecule has 0 aliphatic carbocycles. The summed E-state index contributed by atoms with van der Waals surface area (Å²) >= 11 is 0. The van der Waals surface area contributed by atoms with E-state index in [1.54, 1.807) is 13.8 Å². The number of hydrogen-bond acceptors (Lipinski definition) is 2. The smallest absolute Gasteiger partial charge is 0.348 e. The molecule has 140 valence electrons. The van der Waals surface area contributed by atoms with Gasteiger partial charge in [0, 0.05) is 29.7 Å². The summed E-state index contributed by atoms with van der Waals surface area (Å²) in [7, 11) is 0. The highest BCUT2D eigenvalue weighted by atomic mass is 19.4. The molecular formula is C19H21F3N2O2. The van der Waals surface area contributed by atoms with Gasteiger partial charge >= 0.3 is 6.18 Å². The molecule has 1 heterocycles. The zero-order valence-electron chi connectivity index (χ0n) is 14.9. The van der Waals surface area contributed by atoms with Gasteiger partial charge in [0.05, 0.1) is 5.56 Å². The van der Waals surface area contributed by atoms with Gasteiger partial charge in [-0.05, 0) is 38.5 Å². The molecule has 26 heavy (non-hydrogen) atoms. The fourth-order valence-electron chi connectivity index (χ4n) is 2.82. The Morgan fingerprint density at radius 1 is 1.19 bits per heavy atom. The lowest BCUT2D eigenvalue weighted by molar-refractivity contribution is -0.137. The van der Waals surface area contributed by atoms with Crippen molar-refractivity contribution in [1.29, 1.82) is 0 Å². The van der Waals surface area contributed by atoms with E-state index in [4.69, 9.17) is 0 Å². The summed E-state index contributed by atoms with van der Waals surface area (Å²) in [5.41, 5.74) is -0.119. The first-order chi connectivity index (χ1) is 12.1. The monoisotopic (exact) mass is 366 g/mol. The van der Waals surface area contributed by atoms with Crippen molar-refractivity contribution in [2.45, 2.75) is 46.3 Å². The average molecular weight is 366 g/mol. The first kappa shape index (κ1) is 19.8. The number of hydrogen-bond donors (Lipinski definition) is 1. The molecule has 0 unspecified atom stereocenters. The quantitative estimate of drug-likeness (QED) is 0.845. The predicted molar refractivity (Wildman–Crippen MR) is 94.5 cm³/mol. The maximum atomic E-state index is 12.8. The van der Waals surface area contributed by atoms with Crippen molar-refractivity contribution in [3.8, 4) is 0 Å². The van der Waals surface area contributed by atoms with Crippen molar-refractivity contribution < 1.29 is 18.0 Å². The Morgan fingerprint density at radius 2 is 1.88 bits per heavy atom. The van der Waals surface area contributed by atoms with Crippen molar-refractivity contribution >= 4 is 11.6 Å². The number of rotatable bonds is 5. The van der Waals surface area contributed by atoms with Gasteiger partial charge in [-0.2, -0.15) is 13.2 Å². The van der Waals surface area contributed by atoms with Gasteiger partial charge in [0.1, 0.15) is 5.56 Å². The predicted octanol–water partition coefficient (Wildman–Crippen LogP) is 4.54. The van der Waals surface area contributed by atoms with Crippen LogP contribution in [0.1, 0.15) is 47.1 Å². The second-order valence-corrected chi connectivity index (χ2v) is 6.15. The van der Waals surface area contributed by atoms with E-state index in [2.05, 4.69) is 5.32 Å². The molecule has 0 aliphatic rings. The first-order valence-electron chi connectivity index (χ1n) is 8.34. The SMILES string of the molecule is CCCCn1c(C)cc(=O)c(C(=O)Nc2cccc(C(F)(F)F)c2)c1C. The van der Waals surface area contributed by atoms with Crippen LogP contribution in [0, 0.1) is 13.8 Å². The van der Waals surface area contributed by atoms with E-state index in [0.29, 0.717) is 12.2 Å². The second kappa shape index (κ2) is 7.76. The molecule has 0 aliphatic heterocycles. The number of aryl methyl sites for hydroxylation is 1. The highest BCUT2D eigenvalue weighted by molar-refractivity contribution is 6.05. The number of benzene rings is 1. The minimum absolute atomic E-state index is 0.00990. The van der Waals surface area contributed by atoms with Crippen LogP contribution in [-0.4, -0.2) is 10.5 Å². The number of nitrogens with zero attached hydrogens (tertiary/aromatic N) is 1. The molecular weight excluding hydrogens is 345 g/mol. The minimum Gasteiger partial charge on any atom is -0.348 e. The highest BCUT2D eigenvalue weighted by Crippen LogP contribution is 2.30.